The van der Waals surface area contributed by atoms with Crippen LogP contribution in [0.3, 0.4) is 0 Å². The highest BCUT2D eigenvalue weighted by Gasteiger charge is 2.11. The molecule has 138 valence electrons. The Bertz CT molecular complexity index is 919. The van der Waals surface area contributed by atoms with Crippen LogP contribution >= 0.6 is 27.7 Å². The number of rotatable bonds is 5. The van der Waals surface area contributed by atoms with E-state index in [-0.39, 0.29) is 6.03 Å². The van der Waals surface area contributed by atoms with Crippen molar-refractivity contribution in [3.63, 3.8) is 0 Å². The first kappa shape index (κ1) is 19.4. The number of halogens is 1. The number of urea groups is 1. The summed E-state index contributed by atoms with van der Waals surface area (Å²) < 4.78 is 1.02. The lowest BCUT2D eigenvalue weighted by Gasteiger charge is -2.19. The zero-order valence-corrected chi connectivity index (χ0v) is 17.4. The van der Waals surface area contributed by atoms with Crippen LogP contribution in [0.4, 0.5) is 10.5 Å². The van der Waals surface area contributed by atoms with Crippen LogP contribution in [0.1, 0.15) is 11.1 Å². The lowest BCUT2D eigenvalue weighted by atomic mass is 10.2. The molecule has 27 heavy (non-hydrogen) atoms. The van der Waals surface area contributed by atoms with E-state index in [0.29, 0.717) is 11.7 Å². The van der Waals surface area contributed by atoms with Gasteiger partial charge in [-0.1, -0.05) is 28.1 Å². The van der Waals surface area contributed by atoms with Crippen LogP contribution in [0, 0.1) is 6.92 Å². The van der Waals surface area contributed by atoms with Gasteiger partial charge in [0.1, 0.15) is 0 Å². The fraction of sp³-hybridized carbons (Fsp3) is 0.150. The number of aryl methyl sites for hydroxylation is 1. The standard InChI is InChI=1S/C20H19BrN4OS/c1-14-12-17(27-19-22-10-3-11-23-19)8-9-18(14)24-20(26)25(2)13-15-4-6-16(21)7-5-15/h3-12H,13H2,1-2H3,(H,24,26). The molecule has 2 amide bonds. The smallest absolute Gasteiger partial charge is 0.321 e. The molecular weight excluding hydrogens is 424 g/mol. The Morgan fingerprint density at radius 2 is 1.85 bits per heavy atom. The molecule has 2 aromatic carbocycles. The minimum atomic E-state index is -0.146. The fourth-order valence-electron chi connectivity index (χ4n) is 2.43. The van der Waals surface area contributed by atoms with Crippen LogP contribution in [0.2, 0.25) is 0 Å². The van der Waals surface area contributed by atoms with Crippen molar-refractivity contribution in [3.8, 4) is 0 Å². The molecular formula is C20H19BrN4OS. The number of hydrogen-bond acceptors (Lipinski definition) is 4. The number of nitrogens with zero attached hydrogens (tertiary/aromatic N) is 3. The number of carbonyl (C=O) groups is 1. The van der Waals surface area contributed by atoms with Crippen LogP contribution < -0.4 is 5.32 Å². The van der Waals surface area contributed by atoms with Gasteiger partial charge in [-0.15, -0.1) is 0 Å². The molecule has 0 aliphatic heterocycles. The number of amides is 2. The molecule has 1 aromatic heterocycles. The SMILES string of the molecule is Cc1cc(Sc2ncccn2)ccc1NC(=O)N(C)Cc1ccc(Br)cc1. The summed E-state index contributed by atoms with van der Waals surface area (Å²) in [6, 6.07) is 15.5. The number of hydrogen-bond donors (Lipinski definition) is 1. The summed E-state index contributed by atoms with van der Waals surface area (Å²) in [6.07, 6.45) is 3.44. The summed E-state index contributed by atoms with van der Waals surface area (Å²) in [5.41, 5.74) is 2.85. The molecule has 0 fully saturated rings. The molecule has 1 heterocycles. The van der Waals surface area contributed by atoms with Crippen LogP contribution in [0.15, 0.2) is 75.4 Å². The van der Waals surface area contributed by atoms with Crippen LogP contribution in [0.25, 0.3) is 0 Å². The van der Waals surface area contributed by atoms with Gasteiger partial charge in [-0.05, 0) is 66.2 Å². The zero-order chi connectivity index (χ0) is 19.2. The van der Waals surface area contributed by atoms with Crippen molar-refractivity contribution in [1.82, 2.24) is 14.9 Å². The van der Waals surface area contributed by atoms with Crippen LogP contribution in [0.5, 0.6) is 0 Å². The maximum Gasteiger partial charge on any atom is 0.321 e. The molecule has 3 rings (SSSR count). The van der Waals surface area contributed by atoms with Crippen LogP contribution in [-0.2, 0) is 6.54 Å². The Morgan fingerprint density at radius 1 is 1.15 bits per heavy atom. The van der Waals surface area contributed by atoms with Crippen molar-refractivity contribution in [3.05, 3.63) is 76.5 Å². The number of benzene rings is 2. The average molecular weight is 443 g/mol. The topological polar surface area (TPSA) is 58.1 Å². The second-order valence-electron chi connectivity index (χ2n) is 6.02. The van der Waals surface area contributed by atoms with Crippen molar-refractivity contribution < 1.29 is 4.79 Å². The van der Waals surface area contributed by atoms with Gasteiger partial charge in [0.15, 0.2) is 5.16 Å². The molecule has 0 atom stereocenters. The molecule has 0 aliphatic carbocycles. The van der Waals surface area contributed by atoms with E-state index in [1.807, 2.05) is 49.4 Å². The third-order valence-corrected chi connectivity index (χ3v) is 5.28. The summed E-state index contributed by atoms with van der Waals surface area (Å²) in [6.45, 7) is 2.51. The van der Waals surface area contributed by atoms with E-state index in [2.05, 4.69) is 31.2 Å². The molecule has 0 spiro atoms. The molecule has 0 saturated heterocycles. The quantitative estimate of drug-likeness (QED) is 0.540. The average Bonchev–Trinajstić information content (AvgIpc) is 2.66. The maximum atomic E-state index is 12.5. The van der Waals surface area contributed by atoms with E-state index in [1.165, 1.54) is 11.8 Å². The lowest BCUT2D eigenvalue weighted by molar-refractivity contribution is 0.220. The Morgan fingerprint density at radius 3 is 2.52 bits per heavy atom. The van der Waals surface area contributed by atoms with E-state index >= 15 is 0 Å². The first-order valence-corrected chi connectivity index (χ1v) is 9.94. The highest BCUT2D eigenvalue weighted by molar-refractivity contribution is 9.10. The van der Waals surface area contributed by atoms with Crippen molar-refractivity contribution in [2.24, 2.45) is 0 Å². The van der Waals surface area contributed by atoms with E-state index in [0.717, 1.165) is 26.2 Å². The van der Waals surface area contributed by atoms with Crippen molar-refractivity contribution in [2.75, 3.05) is 12.4 Å². The summed E-state index contributed by atoms with van der Waals surface area (Å²) in [7, 11) is 1.78. The molecule has 0 aliphatic rings. The number of aromatic nitrogens is 2. The van der Waals surface area contributed by atoms with Gasteiger partial charge in [0, 0.05) is 41.0 Å². The van der Waals surface area contributed by atoms with E-state index in [1.54, 1.807) is 30.4 Å². The van der Waals surface area contributed by atoms with Crippen LogP contribution in [-0.4, -0.2) is 27.9 Å². The summed E-state index contributed by atoms with van der Waals surface area (Å²) >= 11 is 4.91. The third-order valence-electron chi connectivity index (χ3n) is 3.87. The molecule has 7 heteroatoms. The molecule has 0 bridgehead atoms. The molecule has 5 nitrogen and oxygen atoms in total. The van der Waals surface area contributed by atoms with Crippen molar-refractivity contribution in [2.45, 2.75) is 23.5 Å². The van der Waals surface area contributed by atoms with Gasteiger partial charge in [-0.3, -0.25) is 0 Å². The first-order valence-electron chi connectivity index (χ1n) is 8.33. The second kappa shape index (κ2) is 9.01. The largest absolute Gasteiger partial charge is 0.323 e. The summed E-state index contributed by atoms with van der Waals surface area (Å²) in [5, 5.41) is 3.67. The molecule has 3 aromatic rings. The van der Waals surface area contributed by atoms with E-state index < -0.39 is 0 Å². The molecule has 0 saturated carbocycles. The van der Waals surface area contributed by atoms with Gasteiger partial charge >= 0.3 is 6.03 Å². The Labute approximate surface area is 171 Å². The second-order valence-corrected chi connectivity index (χ2v) is 7.98. The Balaban J connectivity index is 1.62. The third kappa shape index (κ3) is 5.55. The minimum Gasteiger partial charge on any atom is -0.323 e. The van der Waals surface area contributed by atoms with Gasteiger partial charge in [-0.2, -0.15) is 0 Å². The molecule has 1 N–H and O–H groups in total. The van der Waals surface area contributed by atoms with Gasteiger partial charge in [0.2, 0.25) is 0 Å². The first-order chi connectivity index (χ1) is 13.0. The monoisotopic (exact) mass is 442 g/mol. The number of nitrogens with one attached hydrogen (secondary N) is 1. The Kier molecular flexibility index (Phi) is 6.47. The highest BCUT2D eigenvalue weighted by Crippen LogP contribution is 2.28. The van der Waals surface area contributed by atoms with E-state index in [4.69, 9.17) is 0 Å². The minimum absolute atomic E-state index is 0.146. The lowest BCUT2D eigenvalue weighted by Crippen LogP contribution is -2.31. The fourth-order valence-corrected chi connectivity index (χ4v) is 3.50. The van der Waals surface area contributed by atoms with E-state index in [9.17, 15) is 4.79 Å². The van der Waals surface area contributed by atoms with Crippen molar-refractivity contribution in [1.29, 1.82) is 0 Å². The summed E-state index contributed by atoms with van der Waals surface area (Å²) in [5.74, 6) is 0. The molecule has 0 radical (unpaired) electrons. The Hall–Kier alpha value is -2.38. The maximum absolute atomic E-state index is 12.5. The molecule has 0 unspecified atom stereocenters. The van der Waals surface area contributed by atoms with Crippen molar-refractivity contribution >= 4 is 39.4 Å². The number of carbonyl (C=O) groups excluding carboxylic acids is 1. The predicted octanol–water partition coefficient (Wildman–Crippen LogP) is 5.36. The highest BCUT2D eigenvalue weighted by atomic mass is 79.9. The van der Waals surface area contributed by atoms with Gasteiger partial charge < -0.3 is 10.2 Å². The zero-order valence-electron chi connectivity index (χ0n) is 15.0. The number of anilines is 1. The predicted molar refractivity (Wildman–Crippen MR) is 112 cm³/mol. The summed E-state index contributed by atoms with van der Waals surface area (Å²) in [4.78, 5) is 23.6. The normalized spacial score (nSPS) is 10.5. The van der Waals surface area contributed by atoms with Gasteiger partial charge in [0.05, 0.1) is 0 Å². The van der Waals surface area contributed by atoms with Gasteiger partial charge in [-0.25, -0.2) is 14.8 Å². The van der Waals surface area contributed by atoms with Gasteiger partial charge in [0.25, 0.3) is 0 Å².